The predicted molar refractivity (Wildman–Crippen MR) is 107 cm³/mol. The molecule has 6 nitrogen and oxygen atoms in total. The number of aryl methyl sites for hydroxylation is 2. The van der Waals surface area contributed by atoms with Crippen LogP contribution in [0.2, 0.25) is 0 Å². The van der Waals surface area contributed by atoms with E-state index in [1.54, 1.807) is 12.5 Å². The normalized spacial score (nSPS) is 12.0. The van der Waals surface area contributed by atoms with E-state index >= 15 is 0 Å². The van der Waals surface area contributed by atoms with Crippen molar-refractivity contribution in [1.82, 2.24) is 20.1 Å². The predicted octanol–water partition coefficient (Wildman–Crippen LogP) is 3.53. The zero-order valence-electron chi connectivity index (χ0n) is 16.2. The highest BCUT2D eigenvalue weighted by Gasteiger charge is 2.17. The monoisotopic (exact) mass is 384 g/mol. The molecule has 2 heterocycles. The maximum atomic E-state index is 12.6. The third-order valence-corrected chi connectivity index (χ3v) is 5.51. The first-order valence-corrected chi connectivity index (χ1v) is 9.67. The first-order valence-electron chi connectivity index (χ1n) is 8.79. The maximum absolute atomic E-state index is 12.6. The number of benzene rings is 1. The van der Waals surface area contributed by atoms with Gasteiger partial charge in [0.2, 0.25) is 0 Å². The average molecular weight is 385 g/mol. The summed E-state index contributed by atoms with van der Waals surface area (Å²) in [6.07, 6.45) is 0.743. The van der Waals surface area contributed by atoms with Gasteiger partial charge in [-0.05, 0) is 57.0 Å². The van der Waals surface area contributed by atoms with Crippen LogP contribution in [0.1, 0.15) is 34.4 Å². The van der Waals surface area contributed by atoms with E-state index in [1.165, 1.54) is 16.9 Å². The number of methoxy groups -OCH3 is 1. The van der Waals surface area contributed by atoms with Crippen molar-refractivity contribution in [2.45, 2.75) is 33.2 Å². The Kier molecular flexibility index (Phi) is 5.60. The number of ether oxygens (including phenoxy) is 1. The second-order valence-electron chi connectivity index (χ2n) is 6.62. The van der Waals surface area contributed by atoms with Crippen molar-refractivity contribution in [3.05, 3.63) is 52.3 Å². The van der Waals surface area contributed by atoms with Gasteiger partial charge in [-0.2, -0.15) is 5.10 Å². The molecule has 0 spiro atoms. The van der Waals surface area contributed by atoms with Gasteiger partial charge in [-0.3, -0.25) is 9.48 Å². The van der Waals surface area contributed by atoms with Gasteiger partial charge < -0.3 is 10.1 Å². The molecule has 27 heavy (non-hydrogen) atoms. The van der Waals surface area contributed by atoms with E-state index in [1.807, 2.05) is 56.8 Å². The molecule has 7 heteroatoms. The lowest BCUT2D eigenvalue weighted by molar-refractivity contribution is 0.0935. The van der Waals surface area contributed by atoms with Crippen LogP contribution in [0.3, 0.4) is 0 Å². The third kappa shape index (κ3) is 4.19. The lowest BCUT2D eigenvalue weighted by Gasteiger charge is -2.13. The summed E-state index contributed by atoms with van der Waals surface area (Å²) in [6.45, 7) is 6.05. The number of rotatable bonds is 6. The van der Waals surface area contributed by atoms with E-state index < -0.39 is 0 Å². The van der Waals surface area contributed by atoms with Crippen molar-refractivity contribution < 1.29 is 9.53 Å². The van der Waals surface area contributed by atoms with Gasteiger partial charge in [-0.25, -0.2) is 4.98 Å². The van der Waals surface area contributed by atoms with E-state index in [-0.39, 0.29) is 11.9 Å². The zero-order valence-corrected chi connectivity index (χ0v) is 17.1. The number of nitrogens with one attached hydrogen (secondary N) is 1. The molecule has 2 aromatic heterocycles. The Labute approximate surface area is 163 Å². The van der Waals surface area contributed by atoms with Crippen molar-refractivity contribution in [1.29, 1.82) is 0 Å². The molecule has 0 fully saturated rings. The summed E-state index contributed by atoms with van der Waals surface area (Å²) in [6, 6.07) is 7.64. The number of amides is 1. The lowest BCUT2D eigenvalue weighted by atomic mass is 10.1. The van der Waals surface area contributed by atoms with Crippen LogP contribution in [0, 0.1) is 13.8 Å². The molecule has 0 saturated heterocycles. The minimum Gasteiger partial charge on any atom is -0.497 e. The highest BCUT2D eigenvalue weighted by atomic mass is 32.1. The minimum absolute atomic E-state index is 0.00904. The molecule has 1 amide bonds. The minimum atomic E-state index is -0.155. The van der Waals surface area contributed by atoms with Crippen LogP contribution in [0.4, 0.5) is 0 Å². The largest absolute Gasteiger partial charge is 0.497 e. The first kappa shape index (κ1) is 19.1. The molecule has 1 atom stereocenters. The Morgan fingerprint density at radius 1 is 1.30 bits per heavy atom. The van der Waals surface area contributed by atoms with E-state index in [2.05, 4.69) is 15.4 Å². The Morgan fingerprint density at radius 2 is 2.00 bits per heavy atom. The second-order valence-corrected chi connectivity index (χ2v) is 7.48. The summed E-state index contributed by atoms with van der Waals surface area (Å²) < 4.78 is 7.05. The van der Waals surface area contributed by atoms with Gasteiger partial charge >= 0.3 is 0 Å². The van der Waals surface area contributed by atoms with Gasteiger partial charge in [-0.1, -0.05) is 0 Å². The molecule has 0 bridgehead atoms. The van der Waals surface area contributed by atoms with Crippen molar-refractivity contribution in [3.8, 4) is 16.3 Å². The molecule has 0 aliphatic carbocycles. The van der Waals surface area contributed by atoms with Crippen LogP contribution < -0.4 is 10.1 Å². The van der Waals surface area contributed by atoms with Crippen LogP contribution in [0.25, 0.3) is 10.6 Å². The summed E-state index contributed by atoms with van der Waals surface area (Å²) >= 11 is 1.46. The Bertz CT molecular complexity index is 944. The molecule has 1 N–H and O–H groups in total. The highest BCUT2D eigenvalue weighted by molar-refractivity contribution is 7.13. The summed E-state index contributed by atoms with van der Waals surface area (Å²) in [4.78, 5) is 17.0. The standard InChI is InChI=1S/C20H24N4O2S/c1-12(10-17-13(2)23-24(4)14(17)3)21-19(25)18-11-27-20(22-18)15-6-8-16(26-5)9-7-15/h6-9,11-12H,10H2,1-5H3,(H,21,25)/t12-/m1/s1. The number of nitrogens with zero attached hydrogens (tertiary/aromatic N) is 3. The summed E-state index contributed by atoms with van der Waals surface area (Å²) in [5.74, 6) is 0.640. The molecule has 142 valence electrons. The number of carbonyl (C=O) groups is 1. The Balaban J connectivity index is 1.66. The number of hydrogen-bond donors (Lipinski definition) is 1. The van der Waals surface area contributed by atoms with Crippen molar-refractivity contribution in [2.75, 3.05) is 7.11 Å². The van der Waals surface area contributed by atoms with Crippen LogP contribution in [0.5, 0.6) is 5.75 Å². The average Bonchev–Trinajstić information content (AvgIpc) is 3.23. The van der Waals surface area contributed by atoms with Gasteiger partial charge in [-0.15, -0.1) is 11.3 Å². The first-order chi connectivity index (χ1) is 12.9. The molecule has 3 rings (SSSR count). The van der Waals surface area contributed by atoms with Crippen LogP contribution in [-0.4, -0.2) is 33.8 Å². The van der Waals surface area contributed by atoms with Gasteiger partial charge in [0, 0.05) is 29.7 Å². The fraction of sp³-hybridized carbons (Fsp3) is 0.350. The molecule has 0 aliphatic heterocycles. The van der Waals surface area contributed by atoms with Gasteiger partial charge in [0.25, 0.3) is 5.91 Å². The maximum Gasteiger partial charge on any atom is 0.270 e. The molecular formula is C20H24N4O2S. The van der Waals surface area contributed by atoms with E-state index in [0.29, 0.717) is 5.69 Å². The Morgan fingerprint density at radius 3 is 2.59 bits per heavy atom. The van der Waals surface area contributed by atoms with Gasteiger partial charge in [0.15, 0.2) is 0 Å². The second kappa shape index (κ2) is 7.92. The zero-order chi connectivity index (χ0) is 19.6. The molecule has 3 aromatic rings. The fourth-order valence-corrected chi connectivity index (χ4v) is 3.82. The molecular weight excluding hydrogens is 360 g/mol. The van der Waals surface area contributed by atoms with E-state index in [4.69, 9.17) is 4.74 Å². The number of carbonyl (C=O) groups excluding carboxylic acids is 1. The SMILES string of the molecule is COc1ccc(-c2nc(C(=O)N[C@H](C)Cc3c(C)nn(C)c3C)cs2)cc1. The summed E-state index contributed by atoms with van der Waals surface area (Å²) in [5.41, 5.74) is 4.73. The summed E-state index contributed by atoms with van der Waals surface area (Å²) in [5, 5.41) is 10.1. The van der Waals surface area contributed by atoms with Crippen molar-refractivity contribution in [3.63, 3.8) is 0 Å². The third-order valence-electron chi connectivity index (χ3n) is 4.62. The van der Waals surface area contributed by atoms with Crippen LogP contribution >= 0.6 is 11.3 Å². The number of thiazole rings is 1. The van der Waals surface area contributed by atoms with Gasteiger partial charge in [0.05, 0.1) is 12.8 Å². The number of aromatic nitrogens is 3. The van der Waals surface area contributed by atoms with E-state index in [9.17, 15) is 4.79 Å². The number of hydrogen-bond acceptors (Lipinski definition) is 5. The van der Waals surface area contributed by atoms with Gasteiger partial charge in [0.1, 0.15) is 16.5 Å². The molecule has 1 aromatic carbocycles. The van der Waals surface area contributed by atoms with Crippen molar-refractivity contribution >= 4 is 17.2 Å². The molecule has 0 radical (unpaired) electrons. The van der Waals surface area contributed by atoms with Crippen LogP contribution in [-0.2, 0) is 13.5 Å². The van der Waals surface area contributed by atoms with Crippen LogP contribution in [0.15, 0.2) is 29.6 Å². The fourth-order valence-electron chi connectivity index (χ4n) is 3.01. The van der Waals surface area contributed by atoms with E-state index in [0.717, 1.165) is 34.1 Å². The molecule has 0 unspecified atom stereocenters. The summed E-state index contributed by atoms with van der Waals surface area (Å²) in [7, 11) is 3.57. The molecule has 0 aliphatic rings. The quantitative estimate of drug-likeness (QED) is 0.706. The topological polar surface area (TPSA) is 69.0 Å². The van der Waals surface area contributed by atoms with Crippen molar-refractivity contribution in [2.24, 2.45) is 7.05 Å². The highest BCUT2D eigenvalue weighted by Crippen LogP contribution is 2.25. The Hall–Kier alpha value is -2.67. The smallest absolute Gasteiger partial charge is 0.270 e. The molecule has 0 saturated carbocycles. The lowest BCUT2D eigenvalue weighted by Crippen LogP contribution is -2.34.